The second kappa shape index (κ2) is 3.54. The lowest BCUT2D eigenvalue weighted by molar-refractivity contribution is 0.0185. The third kappa shape index (κ3) is 1.94. The highest BCUT2D eigenvalue weighted by Crippen LogP contribution is 2.33. The van der Waals surface area contributed by atoms with Crippen LogP contribution in [0, 0.1) is 11.3 Å². The van der Waals surface area contributed by atoms with Crippen molar-refractivity contribution in [2.45, 2.75) is 13.8 Å². The molecule has 1 heterocycles. The van der Waals surface area contributed by atoms with Gasteiger partial charge in [0.1, 0.15) is 0 Å². The lowest BCUT2D eigenvalue weighted by atomic mass is 9.74. The van der Waals surface area contributed by atoms with E-state index in [1.165, 1.54) is 7.11 Å². The lowest BCUT2D eigenvalue weighted by Crippen LogP contribution is -2.56. The van der Waals surface area contributed by atoms with Gasteiger partial charge in [-0.25, -0.2) is 4.79 Å². The maximum absolute atomic E-state index is 11.0. The molecule has 1 rings (SSSR count). The monoisotopic (exact) mass is 186 g/mol. The third-order valence-corrected chi connectivity index (χ3v) is 2.95. The van der Waals surface area contributed by atoms with Crippen molar-refractivity contribution in [3.05, 3.63) is 0 Å². The summed E-state index contributed by atoms with van der Waals surface area (Å²) in [6, 6.07) is 0. The van der Waals surface area contributed by atoms with E-state index in [-0.39, 0.29) is 11.5 Å². The second-order valence-electron chi connectivity index (χ2n) is 4.26. The standard InChI is InChI=1S/C9H18N2O2/c1-9(2,6-10)7-4-11(5-7)8(12)13-3/h7H,4-6,10H2,1-3H3. The van der Waals surface area contributed by atoms with E-state index < -0.39 is 0 Å². The number of hydrogen-bond donors (Lipinski definition) is 1. The SMILES string of the molecule is COC(=O)N1CC(C(C)(C)CN)C1. The summed E-state index contributed by atoms with van der Waals surface area (Å²) in [5.74, 6) is 0.511. The number of methoxy groups -OCH3 is 1. The van der Waals surface area contributed by atoms with Gasteiger partial charge >= 0.3 is 6.09 Å². The molecule has 0 unspecified atom stereocenters. The predicted molar refractivity (Wildman–Crippen MR) is 50.3 cm³/mol. The van der Waals surface area contributed by atoms with Crippen molar-refractivity contribution in [1.29, 1.82) is 0 Å². The van der Waals surface area contributed by atoms with Crippen LogP contribution in [0.15, 0.2) is 0 Å². The van der Waals surface area contributed by atoms with E-state index in [0.717, 1.165) is 13.1 Å². The number of hydrogen-bond acceptors (Lipinski definition) is 3. The summed E-state index contributed by atoms with van der Waals surface area (Å²) in [7, 11) is 1.41. The number of nitrogens with zero attached hydrogens (tertiary/aromatic N) is 1. The van der Waals surface area contributed by atoms with Crippen molar-refractivity contribution < 1.29 is 9.53 Å². The molecule has 0 radical (unpaired) electrons. The Bertz CT molecular complexity index is 198. The van der Waals surface area contributed by atoms with Crippen LogP contribution in [-0.4, -0.2) is 37.7 Å². The van der Waals surface area contributed by atoms with Gasteiger partial charge < -0.3 is 15.4 Å². The summed E-state index contributed by atoms with van der Waals surface area (Å²) in [6.45, 7) is 6.47. The van der Waals surface area contributed by atoms with Crippen LogP contribution in [0.4, 0.5) is 4.79 Å². The Hall–Kier alpha value is -0.770. The van der Waals surface area contributed by atoms with Crippen LogP contribution in [0.3, 0.4) is 0 Å². The molecule has 0 aromatic carbocycles. The summed E-state index contributed by atoms with van der Waals surface area (Å²) < 4.78 is 4.60. The normalized spacial score (nSPS) is 18.3. The van der Waals surface area contributed by atoms with Crippen LogP contribution in [-0.2, 0) is 4.74 Å². The van der Waals surface area contributed by atoms with Crippen molar-refractivity contribution >= 4 is 6.09 Å². The summed E-state index contributed by atoms with van der Waals surface area (Å²) in [5.41, 5.74) is 5.77. The molecular formula is C9H18N2O2. The number of nitrogens with two attached hydrogens (primary N) is 1. The Morgan fingerprint density at radius 3 is 2.54 bits per heavy atom. The molecule has 4 heteroatoms. The van der Waals surface area contributed by atoms with Gasteiger partial charge in [-0.3, -0.25) is 0 Å². The zero-order valence-electron chi connectivity index (χ0n) is 8.54. The van der Waals surface area contributed by atoms with Crippen molar-refractivity contribution in [2.24, 2.45) is 17.1 Å². The summed E-state index contributed by atoms with van der Waals surface area (Å²) in [4.78, 5) is 12.7. The van der Waals surface area contributed by atoms with Gasteiger partial charge in [0.15, 0.2) is 0 Å². The predicted octanol–water partition coefficient (Wildman–Crippen LogP) is 0.670. The minimum absolute atomic E-state index is 0.129. The van der Waals surface area contributed by atoms with E-state index in [1.807, 2.05) is 0 Å². The molecule has 1 fully saturated rings. The average molecular weight is 186 g/mol. The zero-order valence-corrected chi connectivity index (χ0v) is 8.54. The van der Waals surface area contributed by atoms with Crippen LogP contribution in [0.25, 0.3) is 0 Å². The summed E-state index contributed by atoms with van der Waals surface area (Å²) in [6.07, 6.45) is -0.232. The smallest absolute Gasteiger partial charge is 0.409 e. The van der Waals surface area contributed by atoms with Gasteiger partial charge in [0.05, 0.1) is 7.11 Å². The molecule has 0 atom stereocenters. The molecule has 0 bridgehead atoms. The van der Waals surface area contributed by atoms with Crippen LogP contribution < -0.4 is 5.73 Å². The maximum atomic E-state index is 11.0. The topological polar surface area (TPSA) is 55.6 Å². The number of likely N-dealkylation sites (tertiary alicyclic amines) is 1. The molecule has 2 N–H and O–H groups in total. The van der Waals surface area contributed by atoms with E-state index in [0.29, 0.717) is 12.5 Å². The highest BCUT2D eigenvalue weighted by atomic mass is 16.5. The fraction of sp³-hybridized carbons (Fsp3) is 0.889. The fourth-order valence-electron chi connectivity index (χ4n) is 1.42. The number of ether oxygens (including phenoxy) is 1. The molecule has 13 heavy (non-hydrogen) atoms. The molecule has 0 spiro atoms. The number of carbonyl (C=O) groups is 1. The molecule has 0 aromatic heterocycles. The number of carbonyl (C=O) groups excluding carboxylic acids is 1. The molecule has 1 aliphatic rings. The van der Waals surface area contributed by atoms with Gasteiger partial charge in [-0.2, -0.15) is 0 Å². The Morgan fingerprint density at radius 2 is 2.15 bits per heavy atom. The summed E-state index contributed by atoms with van der Waals surface area (Å²) >= 11 is 0. The van der Waals surface area contributed by atoms with Gasteiger partial charge in [-0.1, -0.05) is 13.8 Å². The fourth-order valence-corrected chi connectivity index (χ4v) is 1.42. The van der Waals surface area contributed by atoms with Crippen LogP contribution in [0.5, 0.6) is 0 Å². The van der Waals surface area contributed by atoms with Gasteiger partial charge in [0, 0.05) is 19.0 Å². The molecule has 0 aromatic rings. The van der Waals surface area contributed by atoms with Crippen LogP contribution in [0.2, 0.25) is 0 Å². The largest absolute Gasteiger partial charge is 0.453 e. The van der Waals surface area contributed by atoms with Crippen molar-refractivity contribution in [3.8, 4) is 0 Å². The molecule has 1 aliphatic heterocycles. The maximum Gasteiger partial charge on any atom is 0.409 e. The first-order chi connectivity index (χ1) is 6.01. The number of rotatable bonds is 2. The molecular weight excluding hydrogens is 168 g/mol. The first-order valence-electron chi connectivity index (χ1n) is 4.54. The van der Waals surface area contributed by atoms with Crippen molar-refractivity contribution in [2.75, 3.05) is 26.7 Å². The Kier molecular flexibility index (Phi) is 2.81. The number of amides is 1. The zero-order chi connectivity index (χ0) is 10.1. The first-order valence-corrected chi connectivity index (χ1v) is 4.54. The molecule has 4 nitrogen and oxygen atoms in total. The van der Waals surface area contributed by atoms with Crippen LogP contribution >= 0.6 is 0 Å². The minimum Gasteiger partial charge on any atom is -0.453 e. The molecule has 0 saturated carbocycles. The average Bonchev–Trinajstić information content (AvgIpc) is 2.01. The Balaban J connectivity index is 2.37. The van der Waals surface area contributed by atoms with E-state index in [9.17, 15) is 4.79 Å². The van der Waals surface area contributed by atoms with Crippen LogP contribution in [0.1, 0.15) is 13.8 Å². The molecule has 1 amide bonds. The minimum atomic E-state index is -0.232. The highest BCUT2D eigenvalue weighted by molar-refractivity contribution is 5.68. The second-order valence-corrected chi connectivity index (χ2v) is 4.26. The Labute approximate surface area is 79.0 Å². The van der Waals surface area contributed by atoms with E-state index in [2.05, 4.69) is 18.6 Å². The molecule has 1 saturated heterocycles. The van der Waals surface area contributed by atoms with Gasteiger partial charge in [-0.05, 0) is 12.0 Å². The van der Waals surface area contributed by atoms with Crippen molar-refractivity contribution in [1.82, 2.24) is 4.90 Å². The van der Waals surface area contributed by atoms with Gasteiger partial charge in [0.25, 0.3) is 0 Å². The first kappa shape index (κ1) is 10.3. The van der Waals surface area contributed by atoms with E-state index in [4.69, 9.17) is 5.73 Å². The van der Waals surface area contributed by atoms with Crippen molar-refractivity contribution in [3.63, 3.8) is 0 Å². The van der Waals surface area contributed by atoms with Gasteiger partial charge in [-0.15, -0.1) is 0 Å². The summed E-state index contributed by atoms with van der Waals surface area (Å²) in [5, 5.41) is 0. The quantitative estimate of drug-likeness (QED) is 0.689. The molecule has 0 aliphatic carbocycles. The van der Waals surface area contributed by atoms with E-state index in [1.54, 1.807) is 4.90 Å². The van der Waals surface area contributed by atoms with E-state index >= 15 is 0 Å². The lowest BCUT2D eigenvalue weighted by Gasteiger charge is -2.46. The Morgan fingerprint density at radius 1 is 1.62 bits per heavy atom. The third-order valence-electron chi connectivity index (χ3n) is 2.95. The molecule has 76 valence electrons. The highest BCUT2D eigenvalue weighted by Gasteiger charge is 2.40. The van der Waals surface area contributed by atoms with Gasteiger partial charge in [0.2, 0.25) is 0 Å².